The molecular formula is C19H10FN. The maximum Gasteiger partial charge on any atom is 0.123 e. The van der Waals surface area contributed by atoms with Gasteiger partial charge in [0.1, 0.15) is 5.82 Å². The molecular weight excluding hydrogens is 261 g/mol. The predicted molar refractivity (Wildman–Crippen MR) is 84.2 cm³/mol. The van der Waals surface area contributed by atoms with Gasteiger partial charge in [0.2, 0.25) is 0 Å². The fraction of sp³-hybridized carbons (Fsp3) is 0. The van der Waals surface area contributed by atoms with E-state index in [0.717, 1.165) is 21.5 Å². The Morgan fingerprint density at radius 2 is 1.52 bits per heavy atom. The molecule has 5 rings (SSSR count). The van der Waals surface area contributed by atoms with Crippen LogP contribution in [-0.4, -0.2) is 0 Å². The monoisotopic (exact) mass is 271 g/mol. The van der Waals surface area contributed by atoms with Crippen LogP contribution in [0.2, 0.25) is 0 Å². The Morgan fingerprint density at radius 1 is 0.667 bits per heavy atom. The molecule has 0 fully saturated rings. The highest BCUT2D eigenvalue weighted by Crippen LogP contribution is 2.28. The van der Waals surface area contributed by atoms with Crippen LogP contribution in [0.1, 0.15) is 0 Å². The summed E-state index contributed by atoms with van der Waals surface area (Å²) >= 11 is 0. The van der Waals surface area contributed by atoms with Crippen molar-refractivity contribution in [2.75, 3.05) is 0 Å². The van der Waals surface area contributed by atoms with Gasteiger partial charge in [-0.1, -0.05) is 24.3 Å². The first-order valence-electron chi connectivity index (χ1n) is 6.92. The van der Waals surface area contributed by atoms with Crippen LogP contribution in [-0.2, 0) is 0 Å². The minimum absolute atomic E-state index is 0.194. The van der Waals surface area contributed by atoms with Crippen molar-refractivity contribution in [3.63, 3.8) is 0 Å². The summed E-state index contributed by atoms with van der Waals surface area (Å²) in [7, 11) is 0. The van der Waals surface area contributed by atoms with Gasteiger partial charge in [0.25, 0.3) is 0 Å². The molecule has 1 aliphatic heterocycles. The Hall–Kier alpha value is -2.74. The summed E-state index contributed by atoms with van der Waals surface area (Å²) in [4.78, 5) is 4.26. The first kappa shape index (κ1) is 11.0. The zero-order valence-electron chi connectivity index (χ0n) is 11.1. The minimum atomic E-state index is -0.194. The zero-order valence-corrected chi connectivity index (χ0v) is 11.1. The van der Waals surface area contributed by atoms with Crippen molar-refractivity contribution in [3.8, 4) is 0 Å². The van der Waals surface area contributed by atoms with Crippen molar-refractivity contribution < 1.29 is 4.39 Å². The van der Waals surface area contributed by atoms with E-state index in [2.05, 4.69) is 41.4 Å². The molecule has 1 heterocycles. The third-order valence-electron chi connectivity index (χ3n) is 4.29. The van der Waals surface area contributed by atoms with E-state index in [-0.39, 0.29) is 5.82 Å². The molecule has 0 aliphatic carbocycles. The molecule has 0 radical (unpaired) electrons. The van der Waals surface area contributed by atoms with Crippen molar-refractivity contribution in [2.45, 2.75) is 0 Å². The van der Waals surface area contributed by atoms with Crippen LogP contribution in [0.4, 0.5) is 4.39 Å². The van der Waals surface area contributed by atoms with E-state index in [1.54, 1.807) is 6.07 Å². The van der Waals surface area contributed by atoms with Crippen molar-refractivity contribution >= 4 is 38.5 Å². The van der Waals surface area contributed by atoms with Gasteiger partial charge in [-0.2, -0.15) is 0 Å². The smallest absolute Gasteiger partial charge is 0.123 e. The number of nitrogens with zero attached hydrogens (tertiary/aromatic N) is 1. The third-order valence-corrected chi connectivity index (χ3v) is 4.29. The summed E-state index contributed by atoms with van der Waals surface area (Å²) in [5.74, 6) is -0.194. The molecule has 0 atom stereocenters. The molecule has 98 valence electrons. The Morgan fingerprint density at radius 3 is 2.38 bits per heavy atom. The van der Waals surface area contributed by atoms with Crippen LogP contribution in [0, 0.1) is 5.82 Å². The lowest BCUT2D eigenvalue weighted by molar-refractivity contribution is 0.630. The Balaban J connectivity index is 2.02. The van der Waals surface area contributed by atoms with E-state index in [4.69, 9.17) is 0 Å². The molecule has 21 heavy (non-hydrogen) atoms. The van der Waals surface area contributed by atoms with Gasteiger partial charge in [-0.05, 0) is 62.6 Å². The van der Waals surface area contributed by atoms with E-state index in [0.29, 0.717) is 0 Å². The maximum absolute atomic E-state index is 13.4. The molecule has 1 nitrogen and oxygen atoms in total. The molecule has 0 N–H and O–H groups in total. The van der Waals surface area contributed by atoms with Crippen LogP contribution in [0.15, 0.2) is 59.6 Å². The fourth-order valence-corrected chi connectivity index (χ4v) is 3.19. The predicted octanol–water partition coefficient (Wildman–Crippen LogP) is 3.66. The second-order valence-corrected chi connectivity index (χ2v) is 5.48. The summed E-state index contributed by atoms with van der Waals surface area (Å²) in [5.41, 5.74) is 0. The van der Waals surface area contributed by atoms with Crippen LogP contribution in [0.5, 0.6) is 0 Å². The molecule has 0 spiro atoms. The summed E-state index contributed by atoms with van der Waals surface area (Å²) in [6.45, 7) is 0. The molecule has 0 saturated carbocycles. The van der Waals surface area contributed by atoms with Gasteiger partial charge >= 0.3 is 0 Å². The van der Waals surface area contributed by atoms with E-state index >= 15 is 0 Å². The second kappa shape index (κ2) is 3.67. The van der Waals surface area contributed by atoms with Crippen LogP contribution in [0.25, 0.3) is 38.5 Å². The largest absolute Gasteiger partial charge is 0.255 e. The Labute approximate surface area is 119 Å². The van der Waals surface area contributed by atoms with Gasteiger partial charge in [0, 0.05) is 11.4 Å². The van der Waals surface area contributed by atoms with Gasteiger partial charge in [-0.15, -0.1) is 0 Å². The number of halogens is 1. The first-order valence-corrected chi connectivity index (χ1v) is 6.92. The molecule has 0 amide bonds. The number of fused-ring (bicyclic) bond motifs is 6. The molecule has 4 aromatic rings. The van der Waals surface area contributed by atoms with E-state index in [9.17, 15) is 4.39 Å². The number of hydrogen-bond acceptors (Lipinski definition) is 1. The van der Waals surface area contributed by atoms with Gasteiger partial charge in [0.05, 0.1) is 5.36 Å². The van der Waals surface area contributed by atoms with Crippen molar-refractivity contribution in [2.24, 2.45) is 4.99 Å². The lowest BCUT2D eigenvalue weighted by Gasteiger charge is -2.09. The van der Waals surface area contributed by atoms with Crippen molar-refractivity contribution in [3.05, 3.63) is 71.0 Å². The molecule has 4 aromatic carbocycles. The molecule has 0 bridgehead atoms. The van der Waals surface area contributed by atoms with Crippen molar-refractivity contribution in [1.82, 2.24) is 0 Å². The van der Waals surface area contributed by atoms with Crippen molar-refractivity contribution in [1.29, 1.82) is 0 Å². The highest BCUT2D eigenvalue weighted by Gasteiger charge is 2.07. The summed E-state index contributed by atoms with van der Waals surface area (Å²) < 4.78 is 13.4. The molecule has 0 saturated heterocycles. The topological polar surface area (TPSA) is 12.4 Å². The number of hydrogen-bond donors (Lipinski definition) is 0. The SMILES string of the molecule is Fc1ccc2cc3c(ccc4c5c(ccc43)=NC=5)cc2c1. The quantitative estimate of drug-likeness (QED) is 0.342. The molecule has 0 unspecified atom stereocenters. The van der Waals surface area contributed by atoms with Gasteiger partial charge in [-0.3, -0.25) is 4.99 Å². The average Bonchev–Trinajstić information content (AvgIpc) is 2.45. The second-order valence-electron chi connectivity index (χ2n) is 5.48. The number of benzene rings is 4. The molecule has 0 aromatic heterocycles. The molecule has 1 aliphatic rings. The lowest BCUT2D eigenvalue weighted by Crippen LogP contribution is -2.31. The van der Waals surface area contributed by atoms with Gasteiger partial charge < -0.3 is 0 Å². The third kappa shape index (κ3) is 1.42. The summed E-state index contributed by atoms with van der Waals surface area (Å²) in [6, 6.07) is 17.6. The maximum atomic E-state index is 13.4. The van der Waals surface area contributed by atoms with E-state index in [1.165, 1.54) is 27.4 Å². The highest BCUT2D eigenvalue weighted by atomic mass is 19.1. The Kier molecular flexibility index (Phi) is 1.92. The van der Waals surface area contributed by atoms with E-state index < -0.39 is 0 Å². The van der Waals surface area contributed by atoms with Crippen LogP contribution >= 0.6 is 0 Å². The minimum Gasteiger partial charge on any atom is -0.255 e. The Bertz CT molecular complexity index is 1190. The fourth-order valence-electron chi connectivity index (χ4n) is 3.19. The highest BCUT2D eigenvalue weighted by molar-refractivity contribution is 6.12. The van der Waals surface area contributed by atoms with Crippen LogP contribution in [0.3, 0.4) is 0 Å². The first-order chi connectivity index (χ1) is 10.3. The van der Waals surface area contributed by atoms with E-state index in [1.807, 2.05) is 12.3 Å². The zero-order chi connectivity index (χ0) is 14.0. The van der Waals surface area contributed by atoms with Gasteiger partial charge in [-0.25, -0.2) is 4.39 Å². The van der Waals surface area contributed by atoms with Crippen LogP contribution < -0.4 is 10.6 Å². The van der Waals surface area contributed by atoms with Gasteiger partial charge in [0.15, 0.2) is 0 Å². The summed E-state index contributed by atoms with van der Waals surface area (Å²) in [5, 5.41) is 9.07. The number of rotatable bonds is 0. The summed E-state index contributed by atoms with van der Waals surface area (Å²) in [6.07, 6.45) is 1.92. The average molecular weight is 271 g/mol. The molecule has 2 heteroatoms. The lowest BCUT2D eigenvalue weighted by atomic mass is 9.97. The normalized spacial score (nSPS) is 12.8. The standard InChI is InChI=1S/C19H10FN/c20-14-3-1-11-9-17-12(7-13(11)8-14)2-4-16-15(17)5-6-19-18(16)10-21-19/h1-10H.